The van der Waals surface area contributed by atoms with Crippen LogP contribution >= 0.6 is 0 Å². The van der Waals surface area contributed by atoms with Crippen LogP contribution in [0, 0.1) is 0 Å². The summed E-state index contributed by atoms with van der Waals surface area (Å²) in [7, 11) is 3.15. The van der Waals surface area contributed by atoms with Crippen LogP contribution in [-0.4, -0.2) is 45.9 Å². The number of ether oxygens (including phenoxy) is 4. The lowest BCUT2D eigenvalue weighted by atomic mass is 9.73. The van der Waals surface area contributed by atoms with E-state index in [0.717, 1.165) is 5.56 Å². The highest BCUT2D eigenvalue weighted by Crippen LogP contribution is 2.40. The molecule has 0 aliphatic carbocycles. The average molecular weight is 413 g/mol. The van der Waals surface area contributed by atoms with Crippen LogP contribution in [-0.2, 0) is 19.7 Å². The van der Waals surface area contributed by atoms with Crippen molar-refractivity contribution in [3.8, 4) is 11.5 Å². The molecule has 2 aromatic rings. The van der Waals surface area contributed by atoms with E-state index in [1.807, 2.05) is 18.2 Å². The molecule has 1 fully saturated rings. The van der Waals surface area contributed by atoms with Crippen LogP contribution in [0.2, 0.25) is 0 Å². The van der Waals surface area contributed by atoms with Gasteiger partial charge in [-0.1, -0.05) is 6.07 Å². The molecule has 0 saturated carbocycles. The number of carbonyl (C=O) groups excluding carboxylic acids is 2. The molecule has 1 aliphatic heterocycles. The fraction of sp³-hybridized carbons (Fsp3) is 0.391. The van der Waals surface area contributed by atoms with E-state index in [4.69, 9.17) is 18.9 Å². The van der Waals surface area contributed by atoms with Gasteiger partial charge in [-0.15, -0.1) is 0 Å². The van der Waals surface area contributed by atoms with Crippen molar-refractivity contribution in [1.29, 1.82) is 0 Å². The molecule has 3 rings (SSSR count). The molecular weight excluding hydrogens is 386 g/mol. The van der Waals surface area contributed by atoms with Crippen molar-refractivity contribution in [2.75, 3.05) is 39.4 Å². The maximum absolute atomic E-state index is 13.4. The SMILES string of the molecule is CCOC(=O)c1ccc(NC(=O)C2(c3ccc(OC)c(OC)c3)CCOCC2)cc1. The fourth-order valence-electron chi connectivity index (χ4n) is 3.66. The van der Waals surface area contributed by atoms with Crippen molar-refractivity contribution in [1.82, 2.24) is 0 Å². The predicted molar refractivity (Wildman–Crippen MR) is 112 cm³/mol. The van der Waals surface area contributed by atoms with Crippen LogP contribution in [0.1, 0.15) is 35.7 Å². The first kappa shape index (κ1) is 21.6. The molecule has 0 spiro atoms. The number of amides is 1. The zero-order chi connectivity index (χ0) is 21.6. The number of anilines is 1. The highest BCUT2D eigenvalue weighted by atomic mass is 16.5. The summed E-state index contributed by atoms with van der Waals surface area (Å²) in [5.41, 5.74) is 1.15. The Morgan fingerprint density at radius 2 is 1.67 bits per heavy atom. The quantitative estimate of drug-likeness (QED) is 0.699. The summed E-state index contributed by atoms with van der Waals surface area (Å²) in [6.07, 6.45) is 1.10. The third-order valence-corrected chi connectivity index (χ3v) is 5.37. The molecule has 0 atom stereocenters. The maximum atomic E-state index is 13.4. The van der Waals surface area contributed by atoms with Gasteiger partial charge in [0.15, 0.2) is 11.5 Å². The van der Waals surface area contributed by atoms with Gasteiger partial charge in [-0.2, -0.15) is 0 Å². The number of benzene rings is 2. The summed E-state index contributed by atoms with van der Waals surface area (Å²) in [5.74, 6) is 0.675. The minimum absolute atomic E-state index is 0.123. The Balaban J connectivity index is 1.87. The Hall–Kier alpha value is -3.06. The van der Waals surface area contributed by atoms with Crippen molar-refractivity contribution in [3.05, 3.63) is 53.6 Å². The van der Waals surface area contributed by atoms with E-state index in [1.165, 1.54) is 0 Å². The Kier molecular flexibility index (Phi) is 6.95. The van der Waals surface area contributed by atoms with Crippen molar-refractivity contribution in [2.24, 2.45) is 0 Å². The third kappa shape index (κ3) is 4.41. The molecule has 1 amide bonds. The molecule has 2 aromatic carbocycles. The number of hydrogen-bond acceptors (Lipinski definition) is 6. The van der Waals surface area contributed by atoms with E-state index in [9.17, 15) is 9.59 Å². The summed E-state index contributed by atoms with van der Waals surface area (Å²) >= 11 is 0. The molecule has 0 unspecified atom stereocenters. The minimum Gasteiger partial charge on any atom is -0.493 e. The second-order valence-electron chi connectivity index (χ2n) is 7.02. The van der Waals surface area contributed by atoms with Gasteiger partial charge in [0.05, 0.1) is 31.8 Å². The van der Waals surface area contributed by atoms with Crippen LogP contribution in [0.3, 0.4) is 0 Å². The van der Waals surface area contributed by atoms with Gasteiger partial charge in [-0.3, -0.25) is 4.79 Å². The highest BCUT2D eigenvalue weighted by molar-refractivity contribution is 6.00. The van der Waals surface area contributed by atoms with Crippen LogP contribution < -0.4 is 14.8 Å². The topological polar surface area (TPSA) is 83.1 Å². The lowest BCUT2D eigenvalue weighted by Gasteiger charge is -2.36. The van der Waals surface area contributed by atoms with Gasteiger partial charge in [0.25, 0.3) is 0 Å². The zero-order valence-electron chi connectivity index (χ0n) is 17.5. The average Bonchev–Trinajstić information content (AvgIpc) is 2.79. The van der Waals surface area contributed by atoms with Crippen LogP contribution in [0.4, 0.5) is 5.69 Å². The summed E-state index contributed by atoms with van der Waals surface area (Å²) in [5, 5.41) is 3.00. The number of rotatable bonds is 7. The van der Waals surface area contributed by atoms with Crippen molar-refractivity contribution >= 4 is 17.6 Å². The molecule has 1 aliphatic rings. The van der Waals surface area contributed by atoms with Gasteiger partial charge in [-0.05, 0) is 61.7 Å². The van der Waals surface area contributed by atoms with Crippen molar-refractivity contribution in [3.63, 3.8) is 0 Å². The maximum Gasteiger partial charge on any atom is 0.338 e. The zero-order valence-corrected chi connectivity index (χ0v) is 17.5. The molecule has 1 saturated heterocycles. The first-order valence-electron chi connectivity index (χ1n) is 9.93. The lowest BCUT2D eigenvalue weighted by molar-refractivity contribution is -0.125. The largest absolute Gasteiger partial charge is 0.493 e. The summed E-state index contributed by atoms with van der Waals surface area (Å²) < 4.78 is 21.3. The molecule has 1 heterocycles. The van der Waals surface area contributed by atoms with Gasteiger partial charge in [0.1, 0.15) is 0 Å². The number of methoxy groups -OCH3 is 2. The monoisotopic (exact) mass is 413 g/mol. The third-order valence-electron chi connectivity index (χ3n) is 5.37. The van der Waals surface area contributed by atoms with E-state index in [2.05, 4.69) is 5.32 Å². The fourth-order valence-corrected chi connectivity index (χ4v) is 3.66. The molecule has 0 bridgehead atoms. The van der Waals surface area contributed by atoms with Gasteiger partial charge < -0.3 is 24.3 Å². The Bertz CT molecular complexity index is 887. The molecule has 1 N–H and O–H groups in total. The van der Waals surface area contributed by atoms with Crippen LogP contribution in [0.15, 0.2) is 42.5 Å². The molecule has 0 aromatic heterocycles. The lowest BCUT2D eigenvalue weighted by Crippen LogP contribution is -2.44. The van der Waals surface area contributed by atoms with E-state index in [0.29, 0.717) is 55.4 Å². The molecule has 7 nitrogen and oxygen atoms in total. The summed E-state index contributed by atoms with van der Waals surface area (Å²) in [6.45, 7) is 3.05. The standard InChI is InChI=1S/C23H27NO6/c1-4-30-21(25)16-5-8-18(9-6-16)24-22(26)23(11-13-29-14-12-23)17-7-10-19(27-2)20(15-17)28-3/h5-10,15H,4,11-14H2,1-3H3,(H,24,26). The Morgan fingerprint density at radius 1 is 1.00 bits per heavy atom. The van der Waals surface area contributed by atoms with Crippen LogP contribution in [0.25, 0.3) is 0 Å². The van der Waals surface area contributed by atoms with Gasteiger partial charge >= 0.3 is 5.97 Å². The minimum atomic E-state index is -0.752. The van der Waals surface area contributed by atoms with Gasteiger partial charge in [-0.25, -0.2) is 4.79 Å². The second kappa shape index (κ2) is 9.63. The molecule has 7 heteroatoms. The number of carbonyl (C=O) groups is 2. The molecule has 160 valence electrons. The first-order chi connectivity index (χ1) is 14.5. The summed E-state index contributed by atoms with van der Waals surface area (Å²) in [6, 6.07) is 12.2. The first-order valence-corrected chi connectivity index (χ1v) is 9.93. The van der Waals surface area contributed by atoms with E-state index < -0.39 is 5.41 Å². The Labute approximate surface area is 176 Å². The van der Waals surface area contributed by atoms with E-state index >= 15 is 0 Å². The van der Waals surface area contributed by atoms with E-state index in [-0.39, 0.29) is 11.9 Å². The molecule has 0 radical (unpaired) electrons. The summed E-state index contributed by atoms with van der Waals surface area (Å²) in [4.78, 5) is 25.3. The van der Waals surface area contributed by atoms with E-state index in [1.54, 1.807) is 45.4 Å². The molecule has 30 heavy (non-hydrogen) atoms. The number of hydrogen-bond donors (Lipinski definition) is 1. The van der Waals surface area contributed by atoms with Crippen LogP contribution in [0.5, 0.6) is 11.5 Å². The van der Waals surface area contributed by atoms with Gasteiger partial charge in [0.2, 0.25) is 5.91 Å². The number of esters is 1. The Morgan fingerprint density at radius 3 is 2.27 bits per heavy atom. The molecular formula is C23H27NO6. The second-order valence-corrected chi connectivity index (χ2v) is 7.02. The van der Waals surface area contributed by atoms with Gasteiger partial charge in [0, 0.05) is 18.9 Å². The normalized spacial score (nSPS) is 15.2. The van der Waals surface area contributed by atoms with Crippen molar-refractivity contribution in [2.45, 2.75) is 25.2 Å². The predicted octanol–water partition coefficient (Wildman–Crippen LogP) is 3.57. The highest BCUT2D eigenvalue weighted by Gasteiger charge is 2.42. The smallest absolute Gasteiger partial charge is 0.338 e. The van der Waals surface area contributed by atoms with Crippen molar-refractivity contribution < 1.29 is 28.5 Å². The number of nitrogens with one attached hydrogen (secondary N) is 1.